The van der Waals surface area contributed by atoms with Gasteiger partial charge in [-0.25, -0.2) is 0 Å². The van der Waals surface area contributed by atoms with Crippen LogP contribution in [0.4, 0.5) is 0 Å². The molecule has 0 amide bonds. The van der Waals surface area contributed by atoms with Crippen molar-refractivity contribution >= 4 is 40.7 Å². The molecule has 7 heteroatoms. The minimum atomic E-state index is -0.859. The highest BCUT2D eigenvalue weighted by Crippen LogP contribution is 2.36. The van der Waals surface area contributed by atoms with E-state index in [9.17, 15) is 4.21 Å². The molecule has 1 aromatic rings. The zero-order valence-electron chi connectivity index (χ0n) is 18.9. The lowest BCUT2D eigenvalue weighted by molar-refractivity contribution is 0.114. The number of benzene rings is 1. The lowest BCUT2D eigenvalue weighted by atomic mass is 9.96. The van der Waals surface area contributed by atoms with Gasteiger partial charge in [-0.15, -0.1) is 24.0 Å². The molecule has 0 aromatic heterocycles. The fraction of sp³-hybridized carbons (Fsp3) is 0.696. The molecule has 2 bridgehead atoms. The summed E-state index contributed by atoms with van der Waals surface area (Å²) in [4.78, 5) is 7.42. The number of rotatable bonds is 7. The summed E-state index contributed by atoms with van der Waals surface area (Å²) in [7, 11) is -0.859. The molecule has 0 radical (unpaired) electrons. The standard InChI is InChI=1S/C23H38N4OS.HI/c1-5-24-22(25-13-14-29(28)23(2,3)4)26-19-15-20-11-12-21(16-19)27(20)17-18-9-7-6-8-10-18;/h6-10,19-21H,5,11-17H2,1-4H3,(H2,24,25,26);1H. The van der Waals surface area contributed by atoms with Crippen LogP contribution in [0.5, 0.6) is 0 Å². The molecular formula is C23H39IN4OS. The Labute approximate surface area is 202 Å². The molecule has 170 valence electrons. The molecule has 3 atom stereocenters. The predicted molar refractivity (Wildman–Crippen MR) is 139 cm³/mol. The van der Waals surface area contributed by atoms with E-state index in [1.807, 2.05) is 20.8 Å². The van der Waals surface area contributed by atoms with E-state index in [1.54, 1.807) is 0 Å². The lowest BCUT2D eigenvalue weighted by Gasteiger charge is -2.39. The van der Waals surface area contributed by atoms with Crippen molar-refractivity contribution in [2.45, 2.75) is 82.8 Å². The topological polar surface area (TPSA) is 56.7 Å². The number of aliphatic imine (C=N–C) groups is 1. The van der Waals surface area contributed by atoms with E-state index < -0.39 is 10.8 Å². The van der Waals surface area contributed by atoms with Crippen LogP contribution in [0.1, 0.15) is 58.9 Å². The second-order valence-electron chi connectivity index (χ2n) is 9.28. The molecule has 0 aliphatic carbocycles. The van der Waals surface area contributed by atoms with E-state index >= 15 is 0 Å². The molecule has 2 fully saturated rings. The van der Waals surface area contributed by atoms with Crippen molar-refractivity contribution in [2.75, 3.05) is 18.8 Å². The van der Waals surface area contributed by atoms with Crippen LogP contribution >= 0.6 is 24.0 Å². The Hall–Kier alpha value is -0.670. The van der Waals surface area contributed by atoms with E-state index in [0.717, 1.165) is 19.0 Å². The van der Waals surface area contributed by atoms with Gasteiger partial charge in [-0.3, -0.25) is 14.1 Å². The van der Waals surface area contributed by atoms with Crippen LogP contribution in [0.3, 0.4) is 0 Å². The maximum absolute atomic E-state index is 12.3. The smallest absolute Gasteiger partial charge is 0.191 e. The minimum absolute atomic E-state index is 0. The minimum Gasteiger partial charge on any atom is -0.357 e. The first-order valence-electron chi connectivity index (χ1n) is 11.1. The van der Waals surface area contributed by atoms with Gasteiger partial charge in [0, 0.05) is 52.5 Å². The first-order chi connectivity index (χ1) is 13.9. The van der Waals surface area contributed by atoms with Crippen LogP contribution < -0.4 is 10.6 Å². The number of hydrogen-bond donors (Lipinski definition) is 2. The van der Waals surface area contributed by atoms with E-state index in [4.69, 9.17) is 4.99 Å². The zero-order chi connectivity index (χ0) is 20.9. The Morgan fingerprint density at radius 1 is 1.17 bits per heavy atom. The summed E-state index contributed by atoms with van der Waals surface area (Å²) in [6, 6.07) is 12.6. The Morgan fingerprint density at radius 3 is 2.37 bits per heavy atom. The lowest BCUT2D eigenvalue weighted by Crippen LogP contribution is -2.52. The highest BCUT2D eigenvalue weighted by Gasteiger charge is 2.40. The van der Waals surface area contributed by atoms with Gasteiger partial charge in [0.2, 0.25) is 0 Å². The predicted octanol–water partition coefficient (Wildman–Crippen LogP) is 3.90. The molecule has 2 aliphatic rings. The molecular weight excluding hydrogens is 507 g/mol. The van der Waals surface area contributed by atoms with Crippen LogP contribution in [-0.2, 0) is 17.3 Å². The Bertz CT molecular complexity index is 693. The Kier molecular flexibility index (Phi) is 10.1. The third-order valence-corrected chi connectivity index (χ3v) is 7.93. The quantitative estimate of drug-likeness (QED) is 0.310. The van der Waals surface area contributed by atoms with Gasteiger partial charge in [-0.1, -0.05) is 30.3 Å². The molecule has 30 heavy (non-hydrogen) atoms. The van der Waals surface area contributed by atoms with Crippen molar-refractivity contribution < 1.29 is 4.21 Å². The summed E-state index contributed by atoms with van der Waals surface area (Å²) in [5, 5.41) is 7.04. The number of hydrogen-bond acceptors (Lipinski definition) is 3. The summed E-state index contributed by atoms with van der Waals surface area (Å²) in [6.45, 7) is 10.7. The molecule has 2 saturated heterocycles. The number of halogens is 1. The summed E-state index contributed by atoms with van der Waals surface area (Å²) in [5.74, 6) is 1.49. The van der Waals surface area contributed by atoms with Gasteiger partial charge in [-0.2, -0.15) is 0 Å². The summed E-state index contributed by atoms with van der Waals surface area (Å²) >= 11 is 0. The number of guanidine groups is 1. The van der Waals surface area contributed by atoms with Gasteiger partial charge < -0.3 is 10.6 Å². The van der Waals surface area contributed by atoms with Crippen molar-refractivity contribution in [1.82, 2.24) is 15.5 Å². The van der Waals surface area contributed by atoms with E-state index in [-0.39, 0.29) is 28.7 Å². The van der Waals surface area contributed by atoms with Crippen LogP contribution in [-0.4, -0.2) is 56.8 Å². The van der Waals surface area contributed by atoms with E-state index in [0.29, 0.717) is 30.4 Å². The second kappa shape index (κ2) is 11.8. The van der Waals surface area contributed by atoms with E-state index in [2.05, 4.69) is 52.8 Å². The number of nitrogens with one attached hydrogen (secondary N) is 2. The average molecular weight is 547 g/mol. The molecule has 3 rings (SSSR count). The molecule has 2 N–H and O–H groups in total. The SMILES string of the molecule is CCNC(=NCCS(=O)C(C)(C)C)NC1CC2CCC(C1)N2Cc1ccccc1.I. The number of fused-ring (bicyclic) bond motifs is 2. The third kappa shape index (κ3) is 7.19. The maximum Gasteiger partial charge on any atom is 0.191 e. The molecule has 1 aromatic carbocycles. The molecule has 0 spiro atoms. The molecule has 0 saturated carbocycles. The molecule has 2 heterocycles. The second-order valence-corrected chi connectivity index (χ2v) is 11.6. The van der Waals surface area contributed by atoms with Gasteiger partial charge in [0.25, 0.3) is 0 Å². The van der Waals surface area contributed by atoms with Crippen LogP contribution in [0.25, 0.3) is 0 Å². The van der Waals surface area contributed by atoms with Crippen LogP contribution in [0.2, 0.25) is 0 Å². The van der Waals surface area contributed by atoms with Crippen molar-refractivity contribution in [1.29, 1.82) is 0 Å². The summed E-state index contributed by atoms with van der Waals surface area (Å²) < 4.78 is 12.1. The zero-order valence-corrected chi connectivity index (χ0v) is 22.0. The monoisotopic (exact) mass is 546 g/mol. The van der Waals surface area contributed by atoms with Crippen molar-refractivity contribution in [3.63, 3.8) is 0 Å². The van der Waals surface area contributed by atoms with Crippen LogP contribution in [0, 0.1) is 0 Å². The number of piperidine rings is 1. The molecule has 3 unspecified atom stereocenters. The Morgan fingerprint density at radius 2 is 1.80 bits per heavy atom. The normalized spacial score (nSPS) is 25.5. The fourth-order valence-corrected chi connectivity index (χ4v) is 5.37. The largest absolute Gasteiger partial charge is 0.357 e. The Balaban J connectivity index is 0.00000320. The highest BCUT2D eigenvalue weighted by molar-refractivity contribution is 14.0. The van der Waals surface area contributed by atoms with Gasteiger partial charge in [0.1, 0.15) is 0 Å². The third-order valence-electron chi connectivity index (χ3n) is 6.01. The molecule has 5 nitrogen and oxygen atoms in total. The maximum atomic E-state index is 12.3. The first kappa shape index (κ1) is 25.6. The van der Waals surface area contributed by atoms with Crippen molar-refractivity contribution in [3.8, 4) is 0 Å². The fourth-order valence-electron chi connectivity index (χ4n) is 4.50. The van der Waals surface area contributed by atoms with Gasteiger partial charge >= 0.3 is 0 Å². The van der Waals surface area contributed by atoms with Gasteiger partial charge in [0.15, 0.2) is 5.96 Å². The molecule has 2 aliphatic heterocycles. The van der Waals surface area contributed by atoms with Gasteiger partial charge in [-0.05, 0) is 58.9 Å². The van der Waals surface area contributed by atoms with Crippen LogP contribution in [0.15, 0.2) is 35.3 Å². The average Bonchev–Trinajstić information content (AvgIpc) is 2.90. The van der Waals surface area contributed by atoms with Crippen molar-refractivity contribution in [2.24, 2.45) is 4.99 Å². The summed E-state index contributed by atoms with van der Waals surface area (Å²) in [5.41, 5.74) is 1.41. The number of nitrogens with zero attached hydrogens (tertiary/aromatic N) is 2. The van der Waals surface area contributed by atoms with Gasteiger partial charge in [0.05, 0.1) is 6.54 Å². The van der Waals surface area contributed by atoms with E-state index in [1.165, 1.54) is 31.2 Å². The highest BCUT2D eigenvalue weighted by atomic mass is 127. The van der Waals surface area contributed by atoms with Crippen molar-refractivity contribution in [3.05, 3.63) is 35.9 Å². The first-order valence-corrected chi connectivity index (χ1v) is 12.4. The summed E-state index contributed by atoms with van der Waals surface area (Å²) in [6.07, 6.45) is 4.94.